The molecule has 0 radical (unpaired) electrons. The largest absolute Gasteiger partial charge is 0.326 e. The Balaban J connectivity index is 2.57. The number of nitrogens with zero attached hydrogens (tertiary/aromatic N) is 2. The lowest BCUT2D eigenvalue weighted by atomic mass is 10.3. The number of aryl methyl sites for hydroxylation is 1. The highest BCUT2D eigenvalue weighted by Gasteiger charge is 2.18. The summed E-state index contributed by atoms with van der Waals surface area (Å²) in [6.45, 7) is 2.37. The summed E-state index contributed by atoms with van der Waals surface area (Å²) < 4.78 is 37.1. The van der Waals surface area contributed by atoms with Gasteiger partial charge in [-0.25, -0.2) is 13.4 Å². The number of hydrogen-bond acceptors (Lipinski definition) is 4. The Kier molecular flexibility index (Phi) is 5.06. The van der Waals surface area contributed by atoms with E-state index in [-0.39, 0.29) is 10.8 Å². The molecule has 1 atom stereocenters. The smallest absolute Gasteiger partial charge is 0.177 e. The van der Waals surface area contributed by atoms with Crippen LogP contribution in [0.3, 0.4) is 0 Å². The number of sulfone groups is 1. The van der Waals surface area contributed by atoms with Crippen molar-refractivity contribution in [3.05, 3.63) is 24.0 Å². The molecule has 1 aromatic heterocycles. The van der Waals surface area contributed by atoms with Crippen LogP contribution in [0, 0.1) is 0 Å². The molecule has 21 heavy (non-hydrogen) atoms. The first-order chi connectivity index (χ1) is 9.88. The van der Waals surface area contributed by atoms with E-state index >= 15 is 0 Å². The first-order valence-corrected chi connectivity index (χ1v) is 10.4. The van der Waals surface area contributed by atoms with Crippen LogP contribution in [0.2, 0.25) is 0 Å². The third-order valence-electron chi connectivity index (χ3n) is 3.20. The van der Waals surface area contributed by atoms with Crippen LogP contribution in [0.15, 0.2) is 23.1 Å². The van der Waals surface area contributed by atoms with Crippen LogP contribution in [-0.4, -0.2) is 39.9 Å². The van der Waals surface area contributed by atoms with Gasteiger partial charge in [0.15, 0.2) is 9.84 Å². The van der Waals surface area contributed by atoms with Crippen LogP contribution in [0.5, 0.6) is 0 Å². The highest BCUT2D eigenvalue weighted by molar-refractivity contribution is 7.91. The van der Waals surface area contributed by atoms with Crippen LogP contribution in [-0.2, 0) is 33.1 Å². The number of fused-ring (bicyclic) bond motifs is 1. The Morgan fingerprint density at radius 2 is 2.10 bits per heavy atom. The van der Waals surface area contributed by atoms with Crippen molar-refractivity contribution in [1.29, 1.82) is 0 Å². The van der Waals surface area contributed by atoms with Gasteiger partial charge in [-0.2, -0.15) is 0 Å². The lowest BCUT2D eigenvalue weighted by Crippen LogP contribution is -2.11. The van der Waals surface area contributed by atoms with Gasteiger partial charge >= 0.3 is 0 Å². The number of benzene rings is 1. The number of rotatable bonds is 6. The highest BCUT2D eigenvalue weighted by Crippen LogP contribution is 2.24. The number of aromatic nitrogens is 2. The van der Waals surface area contributed by atoms with E-state index < -0.39 is 20.6 Å². The monoisotopic (exact) mass is 348 g/mol. The van der Waals surface area contributed by atoms with Crippen LogP contribution in [0.1, 0.15) is 12.7 Å². The first kappa shape index (κ1) is 16.5. The molecule has 0 spiro atoms. The molecule has 1 aromatic carbocycles. The van der Waals surface area contributed by atoms with Gasteiger partial charge < -0.3 is 4.57 Å². The topological polar surface area (TPSA) is 69.0 Å². The summed E-state index contributed by atoms with van der Waals surface area (Å²) in [6.07, 6.45) is 1.16. The zero-order valence-electron chi connectivity index (χ0n) is 11.9. The molecule has 0 saturated carbocycles. The normalized spacial score (nSPS) is 13.7. The lowest BCUT2D eigenvalue weighted by molar-refractivity contribution is 0.602. The van der Waals surface area contributed by atoms with Crippen LogP contribution >= 0.6 is 11.6 Å². The van der Waals surface area contributed by atoms with E-state index in [2.05, 4.69) is 4.98 Å². The van der Waals surface area contributed by atoms with Crippen LogP contribution < -0.4 is 0 Å². The molecule has 1 unspecified atom stereocenters. The quantitative estimate of drug-likeness (QED) is 0.748. The average molecular weight is 349 g/mol. The molecule has 0 amide bonds. The summed E-state index contributed by atoms with van der Waals surface area (Å²) in [5.41, 5.74) is 1.14. The van der Waals surface area contributed by atoms with Crippen molar-refractivity contribution in [1.82, 2.24) is 9.55 Å². The zero-order valence-corrected chi connectivity index (χ0v) is 14.3. The SMILES string of the molecule is CCS(=O)CCn1c(CCl)nc2c(S(C)(=O)=O)cccc21. The van der Waals surface area contributed by atoms with E-state index in [0.717, 1.165) is 6.26 Å². The zero-order chi connectivity index (χ0) is 15.6. The molecule has 5 nitrogen and oxygen atoms in total. The molecule has 2 aromatic rings. The molecule has 2 rings (SSSR count). The third kappa shape index (κ3) is 3.46. The number of alkyl halides is 1. The van der Waals surface area contributed by atoms with Gasteiger partial charge in [0.1, 0.15) is 11.3 Å². The fourth-order valence-corrected chi connectivity index (χ4v) is 3.86. The van der Waals surface area contributed by atoms with Crippen LogP contribution in [0.25, 0.3) is 11.0 Å². The predicted molar refractivity (Wildman–Crippen MR) is 86.0 cm³/mol. The third-order valence-corrected chi connectivity index (χ3v) is 5.85. The molecule has 0 aliphatic carbocycles. The van der Waals surface area contributed by atoms with E-state index in [4.69, 9.17) is 11.6 Å². The van der Waals surface area contributed by atoms with Gasteiger partial charge in [-0.3, -0.25) is 4.21 Å². The van der Waals surface area contributed by atoms with Gasteiger partial charge in [0.2, 0.25) is 0 Å². The minimum Gasteiger partial charge on any atom is -0.326 e. The average Bonchev–Trinajstić information content (AvgIpc) is 2.81. The molecule has 0 saturated heterocycles. The van der Waals surface area contributed by atoms with Gasteiger partial charge in [-0.1, -0.05) is 13.0 Å². The van der Waals surface area contributed by atoms with Gasteiger partial charge in [-0.05, 0) is 12.1 Å². The summed E-state index contributed by atoms with van der Waals surface area (Å²) in [7, 11) is -4.25. The lowest BCUT2D eigenvalue weighted by Gasteiger charge is -2.07. The summed E-state index contributed by atoms with van der Waals surface area (Å²) in [6, 6.07) is 5.03. The fraction of sp³-hybridized carbons (Fsp3) is 0.462. The summed E-state index contributed by atoms with van der Waals surface area (Å²) in [4.78, 5) is 4.55. The Labute approximate surface area is 131 Å². The van der Waals surface area contributed by atoms with Crippen molar-refractivity contribution in [2.75, 3.05) is 17.8 Å². The summed E-state index contributed by atoms with van der Waals surface area (Å²) in [5.74, 6) is 1.86. The number of hydrogen-bond donors (Lipinski definition) is 0. The van der Waals surface area contributed by atoms with Crippen LogP contribution in [0.4, 0.5) is 0 Å². The molecule has 0 bridgehead atoms. The minimum atomic E-state index is -3.36. The molecule has 8 heteroatoms. The number of halogens is 1. The second kappa shape index (κ2) is 6.46. The van der Waals surface area contributed by atoms with Crippen molar-refractivity contribution in [2.45, 2.75) is 24.2 Å². The molecule has 0 fully saturated rings. The van der Waals surface area contributed by atoms with Crippen molar-refractivity contribution < 1.29 is 12.6 Å². The van der Waals surface area contributed by atoms with Gasteiger partial charge in [0.05, 0.1) is 16.3 Å². The van der Waals surface area contributed by atoms with E-state index in [0.29, 0.717) is 34.9 Å². The highest BCUT2D eigenvalue weighted by atomic mass is 35.5. The maximum Gasteiger partial charge on any atom is 0.177 e. The van der Waals surface area contributed by atoms with E-state index in [1.54, 1.807) is 6.07 Å². The molecular formula is C13H17ClN2O3S2. The van der Waals surface area contributed by atoms with Crippen molar-refractivity contribution in [3.8, 4) is 0 Å². The predicted octanol–water partition coefficient (Wildman–Crippen LogP) is 1.95. The van der Waals surface area contributed by atoms with Gasteiger partial charge in [0.25, 0.3) is 0 Å². The fourth-order valence-electron chi connectivity index (χ4n) is 2.16. The standard InChI is InChI=1S/C13H17ClN2O3S2/c1-3-20(17)8-7-16-10-5-4-6-11(21(2,18)19)13(10)15-12(16)9-14/h4-6H,3,7-9H2,1-2H3. The van der Waals surface area contributed by atoms with E-state index in [1.807, 2.05) is 17.6 Å². The molecule has 0 N–H and O–H groups in total. The second-order valence-electron chi connectivity index (χ2n) is 4.64. The van der Waals surface area contributed by atoms with E-state index in [1.165, 1.54) is 6.07 Å². The second-order valence-corrected chi connectivity index (χ2v) is 8.76. The molecular weight excluding hydrogens is 332 g/mol. The number of imidazole rings is 1. The number of para-hydroxylation sites is 1. The van der Waals surface area contributed by atoms with Crippen molar-refractivity contribution in [2.24, 2.45) is 0 Å². The Morgan fingerprint density at radius 3 is 2.67 bits per heavy atom. The van der Waals surface area contributed by atoms with Crippen molar-refractivity contribution >= 4 is 43.3 Å². The van der Waals surface area contributed by atoms with E-state index in [9.17, 15) is 12.6 Å². The van der Waals surface area contributed by atoms with Gasteiger partial charge in [0, 0.05) is 35.1 Å². The minimum absolute atomic E-state index is 0.177. The summed E-state index contributed by atoms with van der Waals surface area (Å²) >= 11 is 5.91. The molecule has 1 heterocycles. The Morgan fingerprint density at radius 1 is 1.38 bits per heavy atom. The maximum atomic E-state index is 11.8. The Hall–Kier alpha value is -0.920. The van der Waals surface area contributed by atoms with Crippen molar-refractivity contribution in [3.63, 3.8) is 0 Å². The Bertz CT molecular complexity index is 784. The molecule has 0 aliphatic rings. The molecule has 116 valence electrons. The molecule has 0 aliphatic heterocycles. The maximum absolute atomic E-state index is 11.8. The van der Waals surface area contributed by atoms with Gasteiger partial charge in [-0.15, -0.1) is 11.6 Å². The first-order valence-electron chi connectivity index (χ1n) is 6.47. The summed E-state index contributed by atoms with van der Waals surface area (Å²) in [5, 5.41) is 0.